The Labute approximate surface area is 328 Å². The van der Waals surface area contributed by atoms with Gasteiger partial charge in [-0.1, -0.05) is 133 Å². The van der Waals surface area contributed by atoms with Crippen LogP contribution in [0.25, 0.3) is 28.0 Å². The molecule has 0 aliphatic carbocycles. The third-order valence-electron chi connectivity index (χ3n) is 9.70. The van der Waals surface area contributed by atoms with Crippen LogP contribution < -0.4 is 4.90 Å². The zero-order valence-electron chi connectivity index (χ0n) is 32.4. The van der Waals surface area contributed by atoms with Crippen molar-refractivity contribution in [2.24, 2.45) is 0 Å². The first-order valence-corrected chi connectivity index (χ1v) is 18.4. The average Bonchev–Trinajstić information content (AvgIpc) is 3.18. The van der Waals surface area contributed by atoms with Crippen molar-refractivity contribution in [3.05, 3.63) is 179 Å². The Hall–Kier alpha value is -6.28. The molecule has 0 radical (unpaired) electrons. The van der Waals surface area contributed by atoms with E-state index in [1.54, 1.807) is 48.5 Å². The molecule has 0 amide bonds. The Morgan fingerprint density at radius 2 is 0.964 bits per heavy atom. The van der Waals surface area contributed by atoms with E-state index in [1.807, 2.05) is 24.3 Å². The molecule has 6 aromatic rings. The number of carboxylic acid groups (broad SMARTS) is 1. The van der Waals surface area contributed by atoms with E-state index in [0.29, 0.717) is 16.7 Å². The lowest BCUT2D eigenvalue weighted by Crippen LogP contribution is -2.14. The zero-order valence-corrected chi connectivity index (χ0v) is 32.4. The largest absolute Gasteiger partial charge is 0.796 e. The Kier molecular flexibility index (Phi) is 11.4. The molecule has 0 atom stereocenters. The van der Waals surface area contributed by atoms with Crippen molar-refractivity contribution in [1.29, 1.82) is 0 Å². The van der Waals surface area contributed by atoms with Crippen LogP contribution in [0.3, 0.4) is 0 Å². The fourth-order valence-corrected chi connectivity index (χ4v) is 6.44. The summed E-state index contributed by atoms with van der Waals surface area (Å²) in [6.07, 6.45) is 1.07. The van der Waals surface area contributed by atoms with Gasteiger partial charge in [0.05, 0.1) is 5.56 Å². The Balaban J connectivity index is 1.25. The second-order valence-corrected chi connectivity index (χ2v) is 15.8. The van der Waals surface area contributed by atoms with E-state index in [4.69, 9.17) is 4.65 Å². The highest BCUT2D eigenvalue weighted by Gasteiger charge is 2.22. The van der Waals surface area contributed by atoms with Gasteiger partial charge in [-0.25, -0.2) is 13.4 Å². The highest BCUT2D eigenvalue weighted by molar-refractivity contribution is 6.36. The number of allylic oxidation sites excluding steroid dienone is 1. The van der Waals surface area contributed by atoms with Gasteiger partial charge in [0.15, 0.2) is 5.78 Å². The number of ketones is 1. The third-order valence-corrected chi connectivity index (χ3v) is 9.70. The fourth-order valence-electron chi connectivity index (χ4n) is 6.44. The summed E-state index contributed by atoms with van der Waals surface area (Å²) < 4.78 is 31.9. The van der Waals surface area contributed by atoms with Gasteiger partial charge in [0.2, 0.25) is 0 Å². The van der Waals surface area contributed by atoms with Crippen molar-refractivity contribution in [1.82, 2.24) is 0 Å². The Bertz CT molecular complexity index is 2280. The van der Waals surface area contributed by atoms with E-state index < -0.39 is 19.2 Å². The van der Waals surface area contributed by atoms with Crippen LogP contribution in [0.15, 0.2) is 152 Å². The molecule has 6 aromatic carbocycles. The van der Waals surface area contributed by atoms with Gasteiger partial charge in [0.25, 0.3) is 0 Å². The van der Waals surface area contributed by atoms with Crippen LogP contribution in [0.2, 0.25) is 0 Å². The minimum atomic E-state index is -3.15. The first kappa shape index (κ1) is 39.4. The minimum absolute atomic E-state index is 0.0322. The Morgan fingerprint density at radius 3 is 1.39 bits per heavy atom. The highest BCUT2D eigenvalue weighted by Crippen LogP contribution is 2.38. The van der Waals surface area contributed by atoms with Crippen LogP contribution in [-0.4, -0.2) is 24.3 Å². The standard InChI is InChI=1S/C48H44BF2NO4/c1-47(2,3)39-20-26-42(27-21-39)52(43-28-22-40(23-29-43)48(4,5)6)41-24-18-33(19-25-41)32-10-14-35(15-11-32)44(53)31-45(56-49(50)51)38-9-7-8-37(30-38)34-12-16-36(17-13-34)46(54)55/h7-31H,1-6H3,(H,54,55)/b45-31-. The van der Waals surface area contributed by atoms with E-state index in [1.165, 1.54) is 23.3 Å². The number of benzene rings is 6. The Morgan fingerprint density at radius 1 is 0.554 bits per heavy atom. The lowest BCUT2D eigenvalue weighted by molar-refractivity contribution is 0.0696. The summed E-state index contributed by atoms with van der Waals surface area (Å²) in [5.74, 6) is -1.83. The molecule has 0 unspecified atom stereocenters. The molecule has 0 bridgehead atoms. The maximum atomic E-state index is 13.6. The first-order valence-electron chi connectivity index (χ1n) is 18.4. The van der Waals surface area contributed by atoms with Crippen molar-refractivity contribution in [3.8, 4) is 22.3 Å². The van der Waals surface area contributed by atoms with Crippen LogP contribution >= 0.6 is 0 Å². The van der Waals surface area contributed by atoms with Crippen LogP contribution in [0.5, 0.6) is 0 Å². The van der Waals surface area contributed by atoms with Gasteiger partial charge in [0, 0.05) is 34.3 Å². The lowest BCUT2D eigenvalue weighted by Gasteiger charge is -2.28. The van der Waals surface area contributed by atoms with E-state index >= 15 is 0 Å². The molecule has 0 aliphatic rings. The summed E-state index contributed by atoms with van der Waals surface area (Å²) in [5.41, 5.74) is 9.53. The lowest BCUT2D eigenvalue weighted by atomic mass is 9.86. The molecular weight excluding hydrogens is 703 g/mol. The summed E-state index contributed by atoms with van der Waals surface area (Å²) in [4.78, 5) is 26.9. The van der Waals surface area contributed by atoms with Crippen molar-refractivity contribution in [2.45, 2.75) is 52.4 Å². The maximum Gasteiger partial charge on any atom is 0.796 e. The smallest absolute Gasteiger partial charge is 0.505 e. The topological polar surface area (TPSA) is 66.8 Å². The van der Waals surface area contributed by atoms with E-state index in [0.717, 1.165) is 34.3 Å². The van der Waals surface area contributed by atoms with E-state index in [9.17, 15) is 23.3 Å². The van der Waals surface area contributed by atoms with E-state index in [2.05, 4.69) is 107 Å². The average molecular weight is 748 g/mol. The number of anilines is 3. The molecule has 0 aromatic heterocycles. The van der Waals surface area contributed by atoms with Gasteiger partial charge >= 0.3 is 13.4 Å². The van der Waals surface area contributed by atoms with Gasteiger partial charge in [-0.2, -0.15) is 0 Å². The predicted octanol–water partition coefficient (Wildman–Crippen LogP) is 12.9. The van der Waals surface area contributed by atoms with Crippen molar-refractivity contribution in [3.63, 3.8) is 0 Å². The maximum absolute atomic E-state index is 13.6. The van der Waals surface area contributed by atoms with Crippen LogP contribution in [0.4, 0.5) is 25.7 Å². The second kappa shape index (κ2) is 16.2. The molecule has 0 heterocycles. The number of aromatic carboxylic acids is 1. The molecule has 8 heteroatoms. The molecule has 6 rings (SSSR count). The number of carbonyl (C=O) groups excluding carboxylic acids is 1. The molecule has 0 saturated heterocycles. The number of halogens is 2. The molecule has 0 fully saturated rings. The summed E-state index contributed by atoms with van der Waals surface area (Å²) in [6, 6.07) is 45.4. The third kappa shape index (κ3) is 9.32. The van der Waals surface area contributed by atoms with Crippen LogP contribution in [-0.2, 0) is 15.5 Å². The van der Waals surface area contributed by atoms with Gasteiger partial charge in [-0.15, -0.1) is 0 Å². The van der Waals surface area contributed by atoms with Crippen LogP contribution in [0, 0.1) is 0 Å². The van der Waals surface area contributed by atoms with Gasteiger partial charge < -0.3 is 14.7 Å². The quantitative estimate of drug-likeness (QED) is 0.0619. The summed E-state index contributed by atoms with van der Waals surface area (Å²) in [6.45, 7) is 13.2. The molecule has 5 nitrogen and oxygen atoms in total. The van der Waals surface area contributed by atoms with E-state index in [-0.39, 0.29) is 27.7 Å². The number of nitrogens with zero attached hydrogens (tertiary/aromatic N) is 1. The molecular formula is C48H44BF2NO4. The monoisotopic (exact) mass is 747 g/mol. The molecule has 0 saturated carbocycles. The number of carboxylic acids is 1. The van der Waals surface area contributed by atoms with Crippen molar-refractivity contribution in [2.75, 3.05) is 4.90 Å². The normalized spacial score (nSPS) is 11.9. The molecule has 282 valence electrons. The first-order chi connectivity index (χ1) is 26.6. The molecule has 1 N–H and O–H groups in total. The number of carbonyl (C=O) groups is 2. The highest BCUT2D eigenvalue weighted by atomic mass is 19.2. The van der Waals surface area contributed by atoms with Gasteiger partial charge in [0.1, 0.15) is 5.76 Å². The van der Waals surface area contributed by atoms with Gasteiger partial charge in [-0.3, -0.25) is 4.79 Å². The zero-order chi connectivity index (χ0) is 40.2. The van der Waals surface area contributed by atoms with Gasteiger partial charge in [-0.05, 0) is 98.8 Å². The van der Waals surface area contributed by atoms with Crippen LogP contribution in [0.1, 0.15) is 78.9 Å². The minimum Gasteiger partial charge on any atom is -0.505 e. The summed E-state index contributed by atoms with van der Waals surface area (Å²) in [7, 11) is -3.15. The summed E-state index contributed by atoms with van der Waals surface area (Å²) >= 11 is 0. The molecule has 56 heavy (non-hydrogen) atoms. The number of rotatable bonds is 11. The fraction of sp³-hybridized carbons (Fsp3) is 0.167. The second-order valence-electron chi connectivity index (χ2n) is 15.8. The van der Waals surface area contributed by atoms with Crippen molar-refractivity contribution >= 4 is 42.0 Å². The summed E-state index contributed by atoms with van der Waals surface area (Å²) in [5, 5.41) is 9.22. The molecule has 0 aliphatic heterocycles. The van der Waals surface area contributed by atoms with Crippen molar-refractivity contribution < 1.29 is 28.0 Å². The predicted molar refractivity (Wildman–Crippen MR) is 224 cm³/mol. The number of hydrogen-bond donors (Lipinski definition) is 1. The SMILES string of the molecule is CC(C)(C)c1ccc(N(c2ccc(-c3ccc(C(=O)/C=C(\OB(F)F)c4cccc(-c5ccc(C(=O)O)cc5)c4)cc3)cc2)c2ccc(C(C)(C)C)cc2)cc1. The molecule has 0 spiro atoms. The number of hydrogen-bond acceptors (Lipinski definition) is 4.